The van der Waals surface area contributed by atoms with Gasteiger partial charge in [0.2, 0.25) is 0 Å². The highest BCUT2D eigenvalue weighted by molar-refractivity contribution is 5.80. The average molecular weight is 369 g/mol. The van der Waals surface area contributed by atoms with Crippen LogP contribution in [0.1, 0.15) is 5.56 Å². The summed E-state index contributed by atoms with van der Waals surface area (Å²) >= 11 is 0. The molecule has 0 saturated carbocycles. The van der Waals surface area contributed by atoms with Gasteiger partial charge in [0.1, 0.15) is 17.2 Å². The summed E-state index contributed by atoms with van der Waals surface area (Å²) in [5, 5.41) is 12.6. The topological polar surface area (TPSA) is 63.1 Å². The molecular weight excluding hydrogens is 353 g/mol. The first kappa shape index (κ1) is 17.5. The summed E-state index contributed by atoms with van der Waals surface area (Å²) < 4.78 is 13.2. The van der Waals surface area contributed by atoms with Crippen LogP contribution in [-0.2, 0) is 0 Å². The average Bonchev–Trinajstić information content (AvgIpc) is 2.75. The fraction of sp³-hybridized carbons (Fsp3) is 0. The van der Waals surface area contributed by atoms with Gasteiger partial charge in [-0.05, 0) is 17.7 Å². The maximum atomic E-state index is 13.2. The van der Waals surface area contributed by atoms with Crippen LogP contribution in [0.15, 0.2) is 90.0 Å². The van der Waals surface area contributed by atoms with Crippen molar-refractivity contribution in [2.24, 2.45) is 5.10 Å². The van der Waals surface area contributed by atoms with Gasteiger partial charge in [0.15, 0.2) is 0 Å². The third kappa shape index (κ3) is 4.07. The highest BCUT2D eigenvalue weighted by atomic mass is 19.1. The van der Waals surface area contributed by atoms with Crippen molar-refractivity contribution in [3.8, 4) is 22.5 Å². The van der Waals surface area contributed by atoms with E-state index in [1.54, 1.807) is 12.1 Å². The minimum atomic E-state index is -0.319. The molecule has 0 radical (unpaired) electrons. The number of nitrogens with zero attached hydrogens (tertiary/aromatic N) is 4. The second-order valence-corrected chi connectivity index (χ2v) is 5.99. The van der Waals surface area contributed by atoms with E-state index in [0.29, 0.717) is 17.0 Å². The molecular formula is C22H16FN5. The van der Waals surface area contributed by atoms with Crippen molar-refractivity contribution in [2.45, 2.75) is 0 Å². The molecule has 0 unspecified atom stereocenters. The molecule has 28 heavy (non-hydrogen) atoms. The molecule has 4 rings (SSSR count). The molecule has 1 heterocycles. The highest BCUT2D eigenvalue weighted by Gasteiger charge is 2.13. The molecule has 0 saturated heterocycles. The number of rotatable bonds is 5. The summed E-state index contributed by atoms with van der Waals surface area (Å²) in [6.45, 7) is 0. The zero-order chi connectivity index (χ0) is 19.2. The summed E-state index contributed by atoms with van der Waals surface area (Å²) in [6, 6.07) is 25.7. The van der Waals surface area contributed by atoms with Crippen LogP contribution in [0.25, 0.3) is 22.5 Å². The molecule has 0 bridgehead atoms. The lowest BCUT2D eigenvalue weighted by atomic mass is 10.0. The number of aromatic nitrogens is 3. The molecule has 0 spiro atoms. The zero-order valence-electron chi connectivity index (χ0n) is 14.8. The lowest BCUT2D eigenvalue weighted by Gasteiger charge is -2.09. The minimum Gasteiger partial charge on any atom is -0.244 e. The lowest BCUT2D eigenvalue weighted by molar-refractivity contribution is 0.627. The molecule has 1 aromatic heterocycles. The maximum Gasteiger partial charge on any atom is 0.263 e. The van der Waals surface area contributed by atoms with Crippen LogP contribution in [0.3, 0.4) is 0 Å². The molecule has 0 aliphatic heterocycles. The van der Waals surface area contributed by atoms with Crippen molar-refractivity contribution in [1.82, 2.24) is 15.2 Å². The molecule has 1 N–H and O–H groups in total. The fourth-order valence-electron chi connectivity index (χ4n) is 2.71. The Morgan fingerprint density at radius 2 is 1.43 bits per heavy atom. The Labute approximate surface area is 161 Å². The number of hydrogen-bond acceptors (Lipinski definition) is 5. The molecule has 0 atom stereocenters. The Morgan fingerprint density at radius 1 is 0.750 bits per heavy atom. The predicted molar refractivity (Wildman–Crippen MR) is 108 cm³/mol. The van der Waals surface area contributed by atoms with Gasteiger partial charge in [-0.15, -0.1) is 10.2 Å². The Bertz CT molecular complexity index is 1100. The second-order valence-electron chi connectivity index (χ2n) is 5.99. The standard InChI is InChI=1S/C22H16FN5/c23-19-13-7-8-16(14-19)15-24-27-22-25-20(17-9-3-1-4-10-17)21(26-28-22)18-11-5-2-6-12-18/h1-15H,(H,25,27,28)/b24-15-. The van der Waals surface area contributed by atoms with Gasteiger partial charge in [0.05, 0.1) is 6.21 Å². The zero-order valence-corrected chi connectivity index (χ0v) is 14.8. The molecule has 5 nitrogen and oxygen atoms in total. The maximum absolute atomic E-state index is 13.2. The van der Waals surface area contributed by atoms with Crippen molar-refractivity contribution >= 4 is 12.2 Å². The normalized spacial score (nSPS) is 10.9. The molecule has 0 fully saturated rings. The number of halogens is 1. The second kappa shape index (κ2) is 8.18. The summed E-state index contributed by atoms with van der Waals surface area (Å²) in [7, 11) is 0. The molecule has 0 aliphatic carbocycles. The van der Waals surface area contributed by atoms with Crippen molar-refractivity contribution in [2.75, 3.05) is 5.43 Å². The van der Waals surface area contributed by atoms with Crippen LogP contribution in [0.4, 0.5) is 10.3 Å². The lowest BCUT2D eigenvalue weighted by Crippen LogP contribution is -2.03. The molecule has 0 amide bonds. The van der Waals surface area contributed by atoms with Gasteiger partial charge >= 0.3 is 0 Å². The highest BCUT2D eigenvalue weighted by Crippen LogP contribution is 2.28. The van der Waals surface area contributed by atoms with Crippen molar-refractivity contribution in [3.63, 3.8) is 0 Å². The number of hydrazone groups is 1. The van der Waals surface area contributed by atoms with E-state index < -0.39 is 0 Å². The summed E-state index contributed by atoms with van der Waals surface area (Å²) in [6.07, 6.45) is 1.50. The largest absolute Gasteiger partial charge is 0.263 e. The van der Waals surface area contributed by atoms with Crippen LogP contribution in [0, 0.1) is 5.82 Å². The van der Waals surface area contributed by atoms with E-state index in [4.69, 9.17) is 0 Å². The number of benzene rings is 3. The van der Waals surface area contributed by atoms with Gasteiger partial charge in [0, 0.05) is 11.1 Å². The fourth-order valence-corrected chi connectivity index (χ4v) is 2.71. The van der Waals surface area contributed by atoms with Crippen molar-refractivity contribution in [3.05, 3.63) is 96.3 Å². The van der Waals surface area contributed by atoms with E-state index in [1.807, 2.05) is 60.7 Å². The van der Waals surface area contributed by atoms with Gasteiger partial charge in [0.25, 0.3) is 5.95 Å². The van der Waals surface area contributed by atoms with Gasteiger partial charge in [-0.1, -0.05) is 72.8 Å². The van der Waals surface area contributed by atoms with E-state index in [0.717, 1.165) is 11.1 Å². The van der Waals surface area contributed by atoms with Crippen LogP contribution in [0.5, 0.6) is 0 Å². The van der Waals surface area contributed by atoms with E-state index in [9.17, 15) is 4.39 Å². The van der Waals surface area contributed by atoms with Crippen molar-refractivity contribution in [1.29, 1.82) is 0 Å². The Morgan fingerprint density at radius 3 is 2.11 bits per heavy atom. The predicted octanol–water partition coefficient (Wildman–Crippen LogP) is 4.79. The van der Waals surface area contributed by atoms with Crippen LogP contribution >= 0.6 is 0 Å². The summed E-state index contributed by atoms with van der Waals surface area (Å²) in [5.74, 6) is -0.0633. The molecule has 3 aromatic carbocycles. The monoisotopic (exact) mass is 369 g/mol. The molecule has 6 heteroatoms. The van der Waals surface area contributed by atoms with E-state index >= 15 is 0 Å². The van der Waals surface area contributed by atoms with Gasteiger partial charge in [-0.2, -0.15) is 5.10 Å². The smallest absolute Gasteiger partial charge is 0.244 e. The van der Waals surface area contributed by atoms with Gasteiger partial charge < -0.3 is 0 Å². The molecule has 4 aromatic rings. The first-order chi connectivity index (χ1) is 13.8. The summed E-state index contributed by atoms with van der Waals surface area (Å²) in [5.41, 5.74) is 6.63. The number of anilines is 1. The van der Waals surface area contributed by atoms with Gasteiger partial charge in [-0.3, -0.25) is 0 Å². The van der Waals surface area contributed by atoms with Crippen LogP contribution in [0.2, 0.25) is 0 Å². The quantitative estimate of drug-likeness (QED) is 0.406. The van der Waals surface area contributed by atoms with Crippen LogP contribution < -0.4 is 5.43 Å². The number of nitrogens with one attached hydrogen (secondary N) is 1. The first-order valence-corrected chi connectivity index (χ1v) is 8.70. The Hall–Kier alpha value is -3.93. The Balaban J connectivity index is 1.66. The number of hydrogen-bond donors (Lipinski definition) is 1. The van der Waals surface area contributed by atoms with Gasteiger partial charge in [-0.25, -0.2) is 14.8 Å². The Kier molecular flexibility index (Phi) is 5.11. The molecule has 0 aliphatic rings. The first-order valence-electron chi connectivity index (χ1n) is 8.70. The SMILES string of the molecule is Fc1cccc(/C=N\Nc2nnc(-c3ccccc3)c(-c3ccccc3)n2)c1. The van der Waals surface area contributed by atoms with E-state index in [1.165, 1.54) is 18.3 Å². The summed E-state index contributed by atoms with van der Waals surface area (Å²) in [4.78, 5) is 4.60. The van der Waals surface area contributed by atoms with Crippen LogP contribution in [-0.4, -0.2) is 21.4 Å². The third-order valence-corrected chi connectivity index (χ3v) is 4.01. The van der Waals surface area contributed by atoms with E-state index in [2.05, 4.69) is 25.7 Å². The third-order valence-electron chi connectivity index (χ3n) is 4.01. The van der Waals surface area contributed by atoms with Crippen molar-refractivity contribution < 1.29 is 4.39 Å². The van der Waals surface area contributed by atoms with E-state index in [-0.39, 0.29) is 11.8 Å². The molecule has 136 valence electrons. The minimum absolute atomic E-state index is 0.256.